The molecule has 0 saturated carbocycles. The van der Waals surface area contributed by atoms with Crippen LogP contribution in [-0.2, 0) is 13.1 Å². The third-order valence-corrected chi connectivity index (χ3v) is 4.10. The molecule has 0 bridgehead atoms. The highest BCUT2D eigenvalue weighted by molar-refractivity contribution is 5.93. The lowest BCUT2D eigenvalue weighted by Crippen LogP contribution is -2.25. The first-order valence-corrected chi connectivity index (χ1v) is 8.33. The van der Waals surface area contributed by atoms with E-state index in [4.69, 9.17) is 0 Å². The van der Waals surface area contributed by atoms with E-state index >= 15 is 0 Å². The molecule has 0 atom stereocenters. The number of hydrogen-bond donors (Lipinski definition) is 1. The number of amides is 1. The zero-order chi connectivity index (χ0) is 17.8. The summed E-state index contributed by atoms with van der Waals surface area (Å²) in [7, 11) is 0. The highest BCUT2D eigenvalue weighted by Crippen LogP contribution is 2.16. The molecule has 128 valence electrons. The predicted molar refractivity (Wildman–Crippen MR) is 98.5 cm³/mol. The average molecular weight is 343 g/mol. The smallest absolute Gasteiger partial charge is 0.253 e. The fourth-order valence-electron chi connectivity index (χ4n) is 2.83. The van der Waals surface area contributed by atoms with E-state index < -0.39 is 0 Å². The number of hydrogen-bond acceptors (Lipinski definition) is 4. The van der Waals surface area contributed by atoms with Crippen molar-refractivity contribution in [1.82, 2.24) is 24.8 Å². The van der Waals surface area contributed by atoms with Gasteiger partial charge in [0, 0.05) is 18.6 Å². The van der Waals surface area contributed by atoms with Crippen LogP contribution in [0.4, 0.5) is 0 Å². The van der Waals surface area contributed by atoms with Gasteiger partial charge in [0.1, 0.15) is 11.3 Å². The number of pyridine rings is 2. The highest BCUT2D eigenvalue weighted by atomic mass is 16.1. The zero-order valence-electron chi connectivity index (χ0n) is 14.0. The van der Waals surface area contributed by atoms with Gasteiger partial charge in [-0.05, 0) is 29.8 Å². The lowest BCUT2D eigenvalue weighted by Gasteiger charge is -2.10. The van der Waals surface area contributed by atoms with Crippen molar-refractivity contribution in [3.8, 4) is 0 Å². The lowest BCUT2D eigenvalue weighted by atomic mass is 10.2. The summed E-state index contributed by atoms with van der Waals surface area (Å²) in [6.07, 6.45) is 4.94. The Morgan fingerprint density at radius 1 is 1.00 bits per heavy atom. The molecular weight excluding hydrogens is 326 g/mol. The zero-order valence-corrected chi connectivity index (χ0v) is 14.0. The number of imidazole rings is 1. The minimum atomic E-state index is -0.177. The largest absolute Gasteiger partial charge is 0.345 e. The molecule has 3 heterocycles. The van der Waals surface area contributed by atoms with Crippen molar-refractivity contribution in [3.05, 3.63) is 90.1 Å². The first-order chi connectivity index (χ1) is 12.8. The summed E-state index contributed by atoms with van der Waals surface area (Å²) < 4.78 is 2.04. The van der Waals surface area contributed by atoms with Gasteiger partial charge in [0.05, 0.1) is 18.7 Å². The fraction of sp³-hybridized carbons (Fsp3) is 0.100. The van der Waals surface area contributed by atoms with Gasteiger partial charge < -0.3 is 9.88 Å². The van der Waals surface area contributed by atoms with Crippen LogP contribution in [0.1, 0.15) is 21.7 Å². The van der Waals surface area contributed by atoms with Crippen LogP contribution in [0.25, 0.3) is 11.2 Å². The van der Waals surface area contributed by atoms with E-state index in [9.17, 15) is 4.79 Å². The summed E-state index contributed by atoms with van der Waals surface area (Å²) in [6.45, 7) is 0.962. The number of carbonyl (C=O) groups excluding carboxylic acids is 1. The minimum absolute atomic E-state index is 0.177. The van der Waals surface area contributed by atoms with Crippen molar-refractivity contribution in [3.63, 3.8) is 0 Å². The highest BCUT2D eigenvalue weighted by Gasteiger charge is 2.13. The van der Waals surface area contributed by atoms with E-state index in [1.165, 1.54) is 0 Å². The third-order valence-electron chi connectivity index (χ3n) is 4.10. The van der Waals surface area contributed by atoms with Gasteiger partial charge in [-0.15, -0.1) is 0 Å². The Bertz CT molecular complexity index is 1030. The molecule has 0 unspecified atom stereocenters. The Morgan fingerprint density at radius 2 is 1.85 bits per heavy atom. The molecule has 1 aromatic carbocycles. The number of fused-ring (bicyclic) bond motifs is 1. The summed E-state index contributed by atoms with van der Waals surface area (Å²) in [5.41, 5.74) is 3.30. The Hall–Kier alpha value is -3.54. The van der Waals surface area contributed by atoms with Crippen molar-refractivity contribution in [2.75, 3.05) is 0 Å². The molecule has 0 spiro atoms. The average Bonchev–Trinajstić information content (AvgIpc) is 3.05. The monoisotopic (exact) mass is 343 g/mol. The number of rotatable bonds is 5. The molecule has 0 saturated heterocycles. The Kier molecular flexibility index (Phi) is 4.38. The second-order valence-corrected chi connectivity index (χ2v) is 5.87. The van der Waals surface area contributed by atoms with Crippen LogP contribution in [-0.4, -0.2) is 25.4 Å². The Balaban J connectivity index is 1.62. The van der Waals surface area contributed by atoms with E-state index in [2.05, 4.69) is 32.4 Å². The van der Waals surface area contributed by atoms with Gasteiger partial charge in [-0.1, -0.05) is 30.3 Å². The van der Waals surface area contributed by atoms with E-state index in [0.29, 0.717) is 18.7 Å². The molecule has 6 nitrogen and oxygen atoms in total. The maximum Gasteiger partial charge on any atom is 0.253 e. The van der Waals surface area contributed by atoms with Gasteiger partial charge in [0.2, 0.25) is 0 Å². The van der Waals surface area contributed by atoms with Crippen LogP contribution < -0.4 is 5.32 Å². The summed E-state index contributed by atoms with van der Waals surface area (Å²) in [5.74, 6) is 0.587. The van der Waals surface area contributed by atoms with Gasteiger partial charge in [0.25, 0.3) is 5.91 Å². The summed E-state index contributed by atoms with van der Waals surface area (Å²) in [4.78, 5) is 25.4. The van der Waals surface area contributed by atoms with E-state index in [1.54, 1.807) is 30.7 Å². The molecule has 6 heteroatoms. The van der Waals surface area contributed by atoms with Crippen LogP contribution in [0.2, 0.25) is 0 Å². The second kappa shape index (κ2) is 7.14. The topological polar surface area (TPSA) is 72.7 Å². The second-order valence-electron chi connectivity index (χ2n) is 5.87. The maximum absolute atomic E-state index is 12.3. The number of carbonyl (C=O) groups is 1. The SMILES string of the molecule is O=C(NCc1nc2cccnc2n1Cc1ccccc1)c1cccnc1. The van der Waals surface area contributed by atoms with Crippen molar-refractivity contribution in [2.45, 2.75) is 13.1 Å². The molecular formula is C20H17N5O. The molecule has 1 amide bonds. The lowest BCUT2D eigenvalue weighted by molar-refractivity contribution is 0.0949. The molecule has 4 rings (SSSR count). The summed E-state index contributed by atoms with van der Waals surface area (Å²) >= 11 is 0. The van der Waals surface area contributed by atoms with Crippen LogP contribution in [0.3, 0.4) is 0 Å². The minimum Gasteiger partial charge on any atom is -0.345 e. The van der Waals surface area contributed by atoms with Crippen LogP contribution in [0.15, 0.2) is 73.2 Å². The Labute approximate surface area is 150 Å². The van der Waals surface area contributed by atoms with Gasteiger partial charge in [-0.2, -0.15) is 0 Å². The quantitative estimate of drug-likeness (QED) is 0.605. The van der Waals surface area contributed by atoms with Gasteiger partial charge in [-0.3, -0.25) is 9.78 Å². The van der Waals surface area contributed by atoms with Gasteiger partial charge >= 0.3 is 0 Å². The van der Waals surface area contributed by atoms with Crippen LogP contribution in [0, 0.1) is 0 Å². The molecule has 0 aliphatic carbocycles. The van der Waals surface area contributed by atoms with Crippen LogP contribution >= 0.6 is 0 Å². The van der Waals surface area contributed by atoms with E-state index in [0.717, 1.165) is 22.6 Å². The van der Waals surface area contributed by atoms with Crippen molar-refractivity contribution in [2.24, 2.45) is 0 Å². The third kappa shape index (κ3) is 3.30. The standard InChI is InChI=1S/C20H17N5O/c26-20(16-8-4-10-21-12-16)23-13-18-24-17-9-5-11-22-19(17)25(18)14-15-6-2-1-3-7-15/h1-12H,13-14H2,(H,23,26). The Morgan fingerprint density at radius 3 is 2.65 bits per heavy atom. The predicted octanol–water partition coefficient (Wildman–Crippen LogP) is 2.80. The van der Waals surface area contributed by atoms with Crippen molar-refractivity contribution in [1.29, 1.82) is 0 Å². The number of aromatic nitrogens is 4. The number of benzene rings is 1. The molecule has 1 N–H and O–H groups in total. The van der Waals surface area contributed by atoms with Gasteiger partial charge in [-0.25, -0.2) is 9.97 Å². The molecule has 26 heavy (non-hydrogen) atoms. The summed E-state index contributed by atoms with van der Waals surface area (Å²) in [6, 6.07) is 17.4. The first-order valence-electron chi connectivity index (χ1n) is 8.33. The van der Waals surface area contributed by atoms with Crippen molar-refractivity contribution < 1.29 is 4.79 Å². The molecule has 0 aliphatic heterocycles. The van der Waals surface area contributed by atoms with Crippen LogP contribution in [0.5, 0.6) is 0 Å². The molecule has 0 aliphatic rings. The molecule has 4 aromatic rings. The molecule has 3 aromatic heterocycles. The molecule has 0 radical (unpaired) electrons. The van der Waals surface area contributed by atoms with E-state index in [1.807, 2.05) is 34.9 Å². The summed E-state index contributed by atoms with van der Waals surface area (Å²) in [5, 5.41) is 2.91. The van der Waals surface area contributed by atoms with Crippen molar-refractivity contribution >= 4 is 17.1 Å². The van der Waals surface area contributed by atoms with Gasteiger partial charge in [0.15, 0.2) is 5.65 Å². The number of nitrogens with one attached hydrogen (secondary N) is 1. The first kappa shape index (κ1) is 16.0. The van der Waals surface area contributed by atoms with E-state index in [-0.39, 0.29) is 5.91 Å². The molecule has 0 fully saturated rings. The fourth-order valence-corrected chi connectivity index (χ4v) is 2.83. The normalized spacial score (nSPS) is 10.8. The number of nitrogens with zero attached hydrogens (tertiary/aromatic N) is 4. The maximum atomic E-state index is 12.3.